The van der Waals surface area contributed by atoms with E-state index < -0.39 is 6.10 Å². The Hall–Kier alpha value is -2.25. The predicted molar refractivity (Wildman–Crippen MR) is 100 cm³/mol. The number of aliphatic hydroxyl groups excluding tert-OH is 1. The Morgan fingerprint density at radius 3 is 2.77 bits per heavy atom. The predicted octanol–water partition coefficient (Wildman–Crippen LogP) is 1.78. The summed E-state index contributed by atoms with van der Waals surface area (Å²) in [6.07, 6.45) is 0.818. The first-order valence-corrected chi connectivity index (χ1v) is 9.63. The molecule has 1 aliphatic heterocycles. The van der Waals surface area contributed by atoms with Crippen molar-refractivity contribution < 1.29 is 14.7 Å². The summed E-state index contributed by atoms with van der Waals surface area (Å²) in [5, 5.41) is 13.3. The summed E-state index contributed by atoms with van der Waals surface area (Å²) in [4.78, 5) is 31.6. The van der Waals surface area contributed by atoms with Crippen LogP contribution in [-0.2, 0) is 11.2 Å². The lowest BCUT2D eigenvalue weighted by Gasteiger charge is -2.36. The van der Waals surface area contributed by atoms with Crippen molar-refractivity contribution in [2.24, 2.45) is 0 Å². The van der Waals surface area contributed by atoms with Crippen LogP contribution < -0.4 is 5.32 Å². The third kappa shape index (κ3) is 4.47. The Morgan fingerprint density at radius 1 is 1.35 bits per heavy atom. The number of rotatable bonds is 5. The van der Waals surface area contributed by atoms with Gasteiger partial charge in [-0.05, 0) is 31.9 Å². The number of nitrogens with zero attached hydrogens (tertiary/aromatic N) is 2. The molecule has 1 aliphatic rings. The second kappa shape index (κ2) is 8.42. The van der Waals surface area contributed by atoms with Gasteiger partial charge in [-0.1, -0.05) is 18.2 Å². The van der Waals surface area contributed by atoms with Gasteiger partial charge in [0, 0.05) is 30.0 Å². The molecule has 0 spiro atoms. The maximum Gasteiger partial charge on any atom is 0.253 e. The monoisotopic (exact) mass is 373 g/mol. The third-order valence-corrected chi connectivity index (χ3v) is 5.66. The van der Waals surface area contributed by atoms with Crippen molar-refractivity contribution in [2.75, 3.05) is 13.1 Å². The second-order valence-electron chi connectivity index (χ2n) is 6.51. The summed E-state index contributed by atoms with van der Waals surface area (Å²) >= 11 is 1.55. The van der Waals surface area contributed by atoms with Crippen molar-refractivity contribution in [3.05, 3.63) is 52.0 Å². The maximum atomic E-state index is 12.5. The van der Waals surface area contributed by atoms with Crippen LogP contribution in [0, 0.1) is 6.92 Å². The fourth-order valence-corrected chi connectivity index (χ4v) is 3.90. The van der Waals surface area contributed by atoms with Crippen LogP contribution in [-0.4, -0.2) is 52.0 Å². The highest BCUT2D eigenvalue weighted by Crippen LogP contribution is 2.16. The van der Waals surface area contributed by atoms with Gasteiger partial charge in [-0.25, -0.2) is 4.98 Å². The van der Waals surface area contributed by atoms with Crippen molar-refractivity contribution in [2.45, 2.75) is 38.3 Å². The van der Waals surface area contributed by atoms with Crippen LogP contribution >= 0.6 is 11.3 Å². The van der Waals surface area contributed by atoms with E-state index in [1.165, 1.54) is 0 Å². The molecule has 3 rings (SSSR count). The van der Waals surface area contributed by atoms with E-state index in [0.29, 0.717) is 31.4 Å². The number of benzene rings is 1. The van der Waals surface area contributed by atoms with E-state index in [4.69, 9.17) is 0 Å². The van der Waals surface area contributed by atoms with Gasteiger partial charge < -0.3 is 15.3 Å². The zero-order valence-electron chi connectivity index (χ0n) is 14.7. The molecule has 1 saturated heterocycles. The molecule has 26 heavy (non-hydrogen) atoms. The highest BCUT2D eigenvalue weighted by Gasteiger charge is 2.31. The minimum absolute atomic E-state index is 0.0790. The number of carbonyl (C=O) groups excluding carboxylic acids is 2. The van der Waals surface area contributed by atoms with Gasteiger partial charge >= 0.3 is 0 Å². The van der Waals surface area contributed by atoms with Gasteiger partial charge in [0.05, 0.1) is 23.4 Å². The molecule has 2 atom stereocenters. The summed E-state index contributed by atoms with van der Waals surface area (Å²) in [6.45, 7) is 2.68. The second-order valence-corrected chi connectivity index (χ2v) is 7.45. The molecule has 1 aromatic heterocycles. The molecule has 1 fully saturated rings. The topological polar surface area (TPSA) is 82.5 Å². The van der Waals surface area contributed by atoms with Gasteiger partial charge in [0.2, 0.25) is 5.91 Å². The third-order valence-electron chi connectivity index (χ3n) is 4.66. The van der Waals surface area contributed by atoms with E-state index in [1.54, 1.807) is 33.9 Å². The molecule has 0 saturated carbocycles. The first kappa shape index (κ1) is 18.5. The van der Waals surface area contributed by atoms with Crippen molar-refractivity contribution in [3.8, 4) is 0 Å². The number of amides is 2. The first-order valence-electron chi connectivity index (χ1n) is 8.75. The van der Waals surface area contributed by atoms with Gasteiger partial charge in [-0.3, -0.25) is 9.59 Å². The Labute approximate surface area is 156 Å². The molecule has 2 aromatic rings. The molecule has 138 valence electrons. The summed E-state index contributed by atoms with van der Waals surface area (Å²) in [7, 11) is 0. The summed E-state index contributed by atoms with van der Waals surface area (Å²) < 4.78 is 0. The molecule has 0 aliphatic carbocycles. The minimum atomic E-state index is -0.759. The maximum absolute atomic E-state index is 12.5. The van der Waals surface area contributed by atoms with Gasteiger partial charge in [0.15, 0.2) is 0 Å². The average molecular weight is 373 g/mol. The van der Waals surface area contributed by atoms with E-state index in [9.17, 15) is 14.7 Å². The molecule has 6 nitrogen and oxygen atoms in total. The molecule has 0 unspecified atom stereocenters. The van der Waals surface area contributed by atoms with E-state index in [2.05, 4.69) is 10.3 Å². The lowest BCUT2D eigenvalue weighted by atomic mass is 10.0. The minimum Gasteiger partial charge on any atom is -0.389 e. The quantitative estimate of drug-likeness (QED) is 0.837. The van der Waals surface area contributed by atoms with Crippen molar-refractivity contribution in [3.63, 3.8) is 0 Å². The number of piperidine rings is 1. The van der Waals surface area contributed by atoms with E-state index in [1.807, 2.05) is 25.1 Å². The van der Waals surface area contributed by atoms with Crippen LogP contribution in [0.5, 0.6) is 0 Å². The van der Waals surface area contributed by atoms with Crippen LogP contribution in [0.25, 0.3) is 0 Å². The van der Waals surface area contributed by atoms with Gasteiger partial charge in [-0.15, -0.1) is 11.3 Å². The van der Waals surface area contributed by atoms with Crippen molar-refractivity contribution >= 4 is 23.2 Å². The number of hydrogen-bond donors (Lipinski definition) is 2. The Morgan fingerprint density at radius 2 is 2.12 bits per heavy atom. The normalized spacial score (nSPS) is 20.0. The van der Waals surface area contributed by atoms with Crippen LogP contribution in [0.4, 0.5) is 0 Å². The Bertz CT molecular complexity index is 762. The number of β-amino-alcohol motifs (C(OH)–C–C–N with tert-alkyl or cyclic N) is 1. The fourth-order valence-electron chi connectivity index (χ4n) is 3.12. The molecule has 2 amide bonds. The van der Waals surface area contributed by atoms with Gasteiger partial charge in [0.1, 0.15) is 0 Å². The smallest absolute Gasteiger partial charge is 0.253 e. The molecule has 1 aromatic carbocycles. The fraction of sp³-hybridized carbons (Fsp3) is 0.421. The van der Waals surface area contributed by atoms with Gasteiger partial charge in [0.25, 0.3) is 5.91 Å². The van der Waals surface area contributed by atoms with Crippen LogP contribution in [0.15, 0.2) is 35.8 Å². The molecular formula is C19H23N3O3S. The zero-order valence-corrected chi connectivity index (χ0v) is 15.5. The SMILES string of the molecule is Cc1ncsc1CCC(=O)N[C@@H]1CCN(C(=O)c2ccccc2)C[C@H]1O. The lowest BCUT2D eigenvalue weighted by Crippen LogP contribution is -2.55. The summed E-state index contributed by atoms with van der Waals surface area (Å²) in [6, 6.07) is 8.72. The molecule has 0 radical (unpaired) electrons. The molecule has 2 N–H and O–H groups in total. The number of hydrogen-bond acceptors (Lipinski definition) is 5. The van der Waals surface area contributed by atoms with Crippen molar-refractivity contribution in [1.82, 2.24) is 15.2 Å². The number of carbonyl (C=O) groups is 2. The van der Waals surface area contributed by atoms with E-state index >= 15 is 0 Å². The van der Waals surface area contributed by atoms with Gasteiger partial charge in [-0.2, -0.15) is 0 Å². The number of aryl methyl sites for hydroxylation is 2. The molecule has 7 heteroatoms. The number of nitrogens with one attached hydrogen (secondary N) is 1. The highest BCUT2D eigenvalue weighted by atomic mass is 32.1. The highest BCUT2D eigenvalue weighted by molar-refractivity contribution is 7.09. The number of aromatic nitrogens is 1. The van der Waals surface area contributed by atoms with Crippen LogP contribution in [0.3, 0.4) is 0 Å². The zero-order chi connectivity index (χ0) is 18.5. The molecule has 2 heterocycles. The molecule has 0 bridgehead atoms. The van der Waals surface area contributed by atoms with E-state index in [-0.39, 0.29) is 24.4 Å². The van der Waals surface area contributed by atoms with Crippen LogP contribution in [0.2, 0.25) is 0 Å². The lowest BCUT2D eigenvalue weighted by molar-refractivity contribution is -0.123. The van der Waals surface area contributed by atoms with Crippen molar-refractivity contribution in [1.29, 1.82) is 0 Å². The Balaban J connectivity index is 1.48. The summed E-state index contributed by atoms with van der Waals surface area (Å²) in [5.41, 5.74) is 3.36. The molecular weight excluding hydrogens is 350 g/mol. The Kier molecular flexibility index (Phi) is 6.00. The standard InChI is InChI=1S/C19H23N3O3S/c1-13-17(26-12-20-13)7-8-18(24)21-15-9-10-22(11-16(15)23)19(25)14-5-3-2-4-6-14/h2-6,12,15-16,23H,7-11H2,1H3,(H,21,24)/t15-,16-/m1/s1. The number of aliphatic hydroxyl groups is 1. The number of likely N-dealkylation sites (tertiary alicyclic amines) is 1. The van der Waals surface area contributed by atoms with E-state index in [0.717, 1.165) is 10.6 Å². The number of thiazole rings is 1. The summed E-state index contributed by atoms with van der Waals surface area (Å²) in [5.74, 6) is -0.167. The average Bonchev–Trinajstić information content (AvgIpc) is 3.07. The van der Waals surface area contributed by atoms with Crippen LogP contribution in [0.1, 0.15) is 33.8 Å². The first-order chi connectivity index (χ1) is 12.5. The largest absolute Gasteiger partial charge is 0.389 e.